The summed E-state index contributed by atoms with van der Waals surface area (Å²) >= 11 is 0. The first-order valence-electron chi connectivity index (χ1n) is 17.7. The van der Waals surface area contributed by atoms with Crippen molar-refractivity contribution in [1.82, 2.24) is 0 Å². The van der Waals surface area contributed by atoms with E-state index >= 15 is 0 Å². The third-order valence-electron chi connectivity index (χ3n) is 8.97. The Balaban J connectivity index is 1.58. The van der Waals surface area contributed by atoms with Crippen LogP contribution < -0.4 is 4.90 Å². The van der Waals surface area contributed by atoms with E-state index in [-0.39, 0.29) is 4.90 Å². The van der Waals surface area contributed by atoms with E-state index in [4.69, 9.17) is 0 Å². The summed E-state index contributed by atoms with van der Waals surface area (Å²) in [5.41, 5.74) is 7.17. The fourth-order valence-corrected chi connectivity index (χ4v) is 7.09. The molecule has 0 amide bonds. The third kappa shape index (κ3) is 9.56. The van der Waals surface area contributed by atoms with Crippen LogP contribution in [-0.2, 0) is 10.1 Å². The number of allylic oxidation sites excluding steroid dienone is 5. The Kier molecular flexibility index (Phi) is 13.0. The standard InChI is InChI=1S/C43H48N2O3S/c1-3-5-7-17-33-44(37-19-11-9-12-20-37)39-29-25-35(26-30-39)43(41-23-15-16-24-42(41)49(46,47)48)36-27-31-40(32-28-36)45(34-18-8-6-4-2)38-21-13-10-14-22-38/h9-16,19-32H,3-8,17-18,33-34H2,1-2H3. The zero-order valence-electron chi connectivity index (χ0n) is 28.8. The number of unbranched alkanes of at least 4 members (excludes halogenated alkanes) is 6. The second-order valence-electron chi connectivity index (χ2n) is 12.5. The van der Waals surface area contributed by atoms with Gasteiger partial charge < -0.3 is 9.45 Å². The van der Waals surface area contributed by atoms with E-state index in [9.17, 15) is 13.0 Å². The van der Waals surface area contributed by atoms with Crippen LogP contribution in [0.4, 0.5) is 17.1 Å². The molecule has 5 rings (SSSR count). The van der Waals surface area contributed by atoms with Gasteiger partial charge in [0.1, 0.15) is 16.7 Å². The van der Waals surface area contributed by atoms with E-state index in [0.717, 1.165) is 59.8 Å². The first kappa shape index (κ1) is 35.8. The van der Waals surface area contributed by atoms with Crippen LogP contribution in [0, 0.1) is 0 Å². The average molecular weight is 673 g/mol. The van der Waals surface area contributed by atoms with Crippen molar-refractivity contribution in [3.8, 4) is 0 Å². The van der Waals surface area contributed by atoms with Crippen molar-refractivity contribution in [2.75, 3.05) is 18.0 Å². The predicted molar refractivity (Wildman–Crippen MR) is 203 cm³/mol. The van der Waals surface area contributed by atoms with Crippen LogP contribution in [0.2, 0.25) is 0 Å². The number of para-hydroxylation sites is 2. The molecule has 0 bridgehead atoms. The fraction of sp³-hybridized carbons (Fsp3) is 0.279. The molecule has 0 fully saturated rings. The quantitative estimate of drug-likeness (QED) is 0.0675. The molecule has 0 atom stereocenters. The second-order valence-corrected chi connectivity index (χ2v) is 13.9. The van der Waals surface area contributed by atoms with Crippen molar-refractivity contribution >= 4 is 38.5 Å². The maximum Gasteiger partial charge on any atom is 0.205 e. The van der Waals surface area contributed by atoms with Crippen LogP contribution in [0.3, 0.4) is 0 Å². The second kappa shape index (κ2) is 17.8. The van der Waals surface area contributed by atoms with Crippen LogP contribution in [0.15, 0.2) is 144 Å². The molecule has 0 aliphatic heterocycles. The predicted octanol–water partition coefficient (Wildman–Crippen LogP) is 10.6. The van der Waals surface area contributed by atoms with Gasteiger partial charge in [-0.15, -0.1) is 0 Å². The third-order valence-corrected chi connectivity index (χ3v) is 9.86. The van der Waals surface area contributed by atoms with E-state index in [0.29, 0.717) is 11.1 Å². The minimum absolute atomic E-state index is 0.221. The van der Waals surface area contributed by atoms with E-state index < -0.39 is 10.1 Å². The SMILES string of the molecule is CCCCCCN(c1ccccc1)c1ccc(C(=C2C=CC(=[N+](CCCCCC)c3ccccc3)C=C2)c2ccccc2S(=O)(=O)[O-])cc1. The molecule has 254 valence electrons. The maximum absolute atomic E-state index is 12.5. The summed E-state index contributed by atoms with van der Waals surface area (Å²) < 4.78 is 39.9. The number of benzene rings is 4. The van der Waals surface area contributed by atoms with Gasteiger partial charge in [-0.3, -0.25) is 0 Å². The summed E-state index contributed by atoms with van der Waals surface area (Å²) in [5, 5.41) is 0. The number of hydrogen-bond acceptors (Lipinski definition) is 4. The van der Waals surface area contributed by atoms with Gasteiger partial charge in [-0.2, -0.15) is 4.58 Å². The molecule has 6 heteroatoms. The van der Waals surface area contributed by atoms with E-state index in [1.54, 1.807) is 18.2 Å². The molecule has 49 heavy (non-hydrogen) atoms. The summed E-state index contributed by atoms with van der Waals surface area (Å²) in [6.45, 7) is 6.24. The van der Waals surface area contributed by atoms with E-state index in [2.05, 4.69) is 96.1 Å². The van der Waals surface area contributed by atoms with Crippen molar-refractivity contribution in [3.63, 3.8) is 0 Å². The normalized spacial score (nSPS) is 12.7. The van der Waals surface area contributed by atoms with Gasteiger partial charge in [0.25, 0.3) is 0 Å². The molecule has 0 heterocycles. The van der Waals surface area contributed by atoms with Gasteiger partial charge in [0.15, 0.2) is 0 Å². The van der Waals surface area contributed by atoms with Gasteiger partial charge >= 0.3 is 0 Å². The molecule has 4 aromatic rings. The zero-order valence-corrected chi connectivity index (χ0v) is 29.6. The number of anilines is 2. The Bertz CT molecular complexity index is 1870. The van der Waals surface area contributed by atoms with Gasteiger partial charge in [-0.05, 0) is 72.0 Å². The lowest BCUT2D eigenvalue weighted by atomic mass is 9.90. The first-order chi connectivity index (χ1) is 23.9. The molecule has 0 unspecified atom stereocenters. The molecule has 0 radical (unpaired) electrons. The molecule has 0 spiro atoms. The smallest absolute Gasteiger partial charge is 0.205 e. The van der Waals surface area contributed by atoms with Crippen LogP contribution in [-0.4, -0.2) is 36.3 Å². The van der Waals surface area contributed by atoms with E-state index in [1.165, 1.54) is 44.6 Å². The van der Waals surface area contributed by atoms with Crippen molar-refractivity contribution in [3.05, 3.63) is 150 Å². The Hall–Kier alpha value is -4.52. The van der Waals surface area contributed by atoms with Crippen molar-refractivity contribution in [2.45, 2.75) is 70.1 Å². The van der Waals surface area contributed by atoms with Crippen LogP contribution in [0.5, 0.6) is 0 Å². The Labute approximate surface area is 293 Å². The Morgan fingerprint density at radius 1 is 0.633 bits per heavy atom. The highest BCUT2D eigenvalue weighted by molar-refractivity contribution is 7.85. The lowest BCUT2D eigenvalue weighted by Crippen LogP contribution is -2.18. The first-order valence-corrected chi connectivity index (χ1v) is 19.1. The number of nitrogens with zero attached hydrogens (tertiary/aromatic N) is 2. The minimum Gasteiger partial charge on any atom is -0.744 e. The highest BCUT2D eigenvalue weighted by Gasteiger charge is 2.21. The van der Waals surface area contributed by atoms with Gasteiger partial charge in [-0.25, -0.2) is 8.42 Å². The Morgan fingerprint density at radius 3 is 1.84 bits per heavy atom. The topological polar surface area (TPSA) is 63.5 Å². The summed E-state index contributed by atoms with van der Waals surface area (Å²) in [4.78, 5) is 2.12. The van der Waals surface area contributed by atoms with Crippen LogP contribution in [0.1, 0.15) is 76.3 Å². The summed E-state index contributed by atoms with van der Waals surface area (Å²) in [6.07, 6.45) is 17.6. The highest BCUT2D eigenvalue weighted by atomic mass is 32.2. The van der Waals surface area contributed by atoms with Crippen LogP contribution >= 0.6 is 0 Å². The average Bonchev–Trinajstić information content (AvgIpc) is 3.13. The van der Waals surface area contributed by atoms with E-state index in [1.807, 2.05) is 36.4 Å². The summed E-state index contributed by atoms with van der Waals surface area (Å²) in [7, 11) is -4.73. The Morgan fingerprint density at radius 2 is 1.20 bits per heavy atom. The van der Waals surface area contributed by atoms with Crippen molar-refractivity contribution in [1.29, 1.82) is 0 Å². The van der Waals surface area contributed by atoms with Crippen molar-refractivity contribution < 1.29 is 17.5 Å². The minimum atomic E-state index is -4.73. The summed E-state index contributed by atoms with van der Waals surface area (Å²) in [5.74, 6) is 0. The largest absolute Gasteiger partial charge is 0.744 e. The monoisotopic (exact) mass is 672 g/mol. The molecule has 0 saturated carbocycles. The lowest BCUT2D eigenvalue weighted by molar-refractivity contribution is -0.439. The summed E-state index contributed by atoms with van der Waals surface area (Å²) in [6, 6.07) is 35.6. The molecular formula is C43H48N2O3S. The molecule has 1 aliphatic carbocycles. The lowest BCUT2D eigenvalue weighted by Gasteiger charge is -2.26. The molecule has 0 saturated heterocycles. The van der Waals surface area contributed by atoms with Gasteiger partial charge in [-0.1, -0.05) is 113 Å². The van der Waals surface area contributed by atoms with Crippen LogP contribution in [0.25, 0.3) is 5.57 Å². The zero-order chi connectivity index (χ0) is 34.5. The van der Waals surface area contributed by atoms with Gasteiger partial charge in [0.05, 0.1) is 4.90 Å². The van der Waals surface area contributed by atoms with Crippen molar-refractivity contribution in [2.24, 2.45) is 0 Å². The number of rotatable bonds is 16. The van der Waals surface area contributed by atoms with Gasteiger partial charge in [0.2, 0.25) is 11.4 Å². The molecule has 4 aromatic carbocycles. The highest BCUT2D eigenvalue weighted by Crippen LogP contribution is 2.36. The molecular weight excluding hydrogens is 625 g/mol. The maximum atomic E-state index is 12.5. The molecule has 5 nitrogen and oxygen atoms in total. The van der Waals surface area contributed by atoms with Gasteiger partial charge in [0, 0.05) is 54.2 Å². The fourth-order valence-electron chi connectivity index (χ4n) is 6.41. The molecule has 1 aliphatic rings. The molecule has 0 aromatic heterocycles. The molecule has 0 N–H and O–H groups in total. The number of hydrogen-bond donors (Lipinski definition) is 0.